The summed E-state index contributed by atoms with van der Waals surface area (Å²) in [5, 5.41) is 0.771. The van der Waals surface area contributed by atoms with Crippen LogP contribution in [0.5, 0.6) is 0 Å². The van der Waals surface area contributed by atoms with Crippen molar-refractivity contribution in [3.63, 3.8) is 0 Å². The summed E-state index contributed by atoms with van der Waals surface area (Å²) in [5.41, 5.74) is 12.4. The molecule has 0 atom stereocenters. The Balaban J connectivity index is 1.46. The van der Waals surface area contributed by atoms with Crippen molar-refractivity contribution in [1.82, 2.24) is 0 Å². The third kappa shape index (κ3) is 3.30. The predicted molar refractivity (Wildman–Crippen MR) is 145 cm³/mol. The van der Waals surface area contributed by atoms with E-state index < -0.39 is 0 Å². The van der Waals surface area contributed by atoms with Gasteiger partial charge in [-0.25, -0.2) is 0 Å². The van der Waals surface area contributed by atoms with E-state index in [1.165, 1.54) is 38.9 Å². The van der Waals surface area contributed by atoms with Crippen molar-refractivity contribution in [2.75, 3.05) is 0 Å². The molecule has 0 fully saturated rings. The second-order valence-electron chi connectivity index (χ2n) is 9.54. The second kappa shape index (κ2) is 8.01. The molecule has 1 heteroatoms. The molecule has 0 aliphatic heterocycles. The van der Waals surface area contributed by atoms with Crippen LogP contribution >= 0.6 is 11.6 Å². The minimum atomic E-state index is -0.0298. The first-order chi connectivity index (χ1) is 16.5. The fourth-order valence-electron chi connectivity index (χ4n) is 5.39. The monoisotopic (exact) mass is 456 g/mol. The second-order valence-corrected chi connectivity index (χ2v) is 9.94. The number of halogens is 1. The fraction of sp³-hybridized carbons (Fsp3) is 0.0909. The summed E-state index contributed by atoms with van der Waals surface area (Å²) in [5.74, 6) is 0. The lowest BCUT2D eigenvalue weighted by atomic mass is 9.81. The van der Waals surface area contributed by atoms with Gasteiger partial charge in [0.05, 0.1) is 0 Å². The van der Waals surface area contributed by atoms with Crippen LogP contribution in [-0.2, 0) is 5.41 Å². The lowest BCUT2D eigenvalue weighted by Gasteiger charge is -2.22. The molecule has 0 unspecified atom stereocenters. The number of rotatable bonds is 3. The summed E-state index contributed by atoms with van der Waals surface area (Å²) in [7, 11) is 0. The summed E-state index contributed by atoms with van der Waals surface area (Å²) in [6, 6.07) is 41.1. The highest BCUT2D eigenvalue weighted by Crippen LogP contribution is 2.50. The average Bonchev–Trinajstić information content (AvgIpc) is 3.11. The summed E-state index contributed by atoms with van der Waals surface area (Å²) >= 11 is 6.82. The number of hydrogen-bond donors (Lipinski definition) is 0. The van der Waals surface area contributed by atoms with Gasteiger partial charge in [-0.05, 0) is 62.2 Å². The minimum absolute atomic E-state index is 0.0298. The standard InChI is InChI=1S/C33H25Cl/c1-33(2)29-13-7-6-11-27(29)28-20-19-25(21-30(28)33)26-12-8-14-31(34)32(26)24-17-15-23(16-18-24)22-9-4-3-5-10-22/h3-21H,1-2H3. The maximum atomic E-state index is 6.82. The van der Waals surface area contributed by atoms with Gasteiger partial charge in [0, 0.05) is 16.0 Å². The van der Waals surface area contributed by atoms with Crippen LogP contribution in [0, 0.1) is 0 Å². The molecule has 0 bridgehead atoms. The van der Waals surface area contributed by atoms with E-state index in [1.54, 1.807) is 0 Å². The van der Waals surface area contributed by atoms with Crippen LogP contribution in [0.2, 0.25) is 5.02 Å². The van der Waals surface area contributed by atoms with E-state index in [1.807, 2.05) is 18.2 Å². The molecule has 0 radical (unpaired) electrons. The largest absolute Gasteiger partial charge is 0.0836 e. The van der Waals surface area contributed by atoms with E-state index in [4.69, 9.17) is 11.6 Å². The van der Waals surface area contributed by atoms with E-state index in [9.17, 15) is 0 Å². The molecule has 1 aliphatic rings. The van der Waals surface area contributed by atoms with Crippen LogP contribution in [0.4, 0.5) is 0 Å². The van der Waals surface area contributed by atoms with Crippen LogP contribution in [0.1, 0.15) is 25.0 Å². The van der Waals surface area contributed by atoms with Gasteiger partial charge in [0.15, 0.2) is 0 Å². The first kappa shape index (κ1) is 21.0. The molecule has 0 heterocycles. The van der Waals surface area contributed by atoms with Gasteiger partial charge in [-0.2, -0.15) is 0 Å². The Kier molecular flexibility index (Phi) is 4.94. The zero-order chi connectivity index (χ0) is 23.3. The maximum Gasteiger partial charge on any atom is 0.0490 e. The summed E-state index contributed by atoms with van der Waals surface area (Å²) < 4.78 is 0. The molecule has 0 nitrogen and oxygen atoms in total. The van der Waals surface area contributed by atoms with Crippen LogP contribution in [-0.4, -0.2) is 0 Å². The maximum absolute atomic E-state index is 6.82. The lowest BCUT2D eigenvalue weighted by Crippen LogP contribution is -2.14. The molecule has 0 amide bonds. The van der Waals surface area contributed by atoms with Gasteiger partial charge in [-0.15, -0.1) is 0 Å². The van der Waals surface area contributed by atoms with Crippen molar-refractivity contribution in [3.8, 4) is 44.5 Å². The van der Waals surface area contributed by atoms with Gasteiger partial charge in [0.1, 0.15) is 0 Å². The molecular formula is C33H25Cl. The predicted octanol–water partition coefficient (Wildman–Crippen LogP) is 9.65. The van der Waals surface area contributed by atoms with Gasteiger partial charge < -0.3 is 0 Å². The molecule has 5 aromatic carbocycles. The Hall–Kier alpha value is -3.61. The van der Waals surface area contributed by atoms with Gasteiger partial charge in [0.25, 0.3) is 0 Å². The Morgan fingerprint density at radius 3 is 1.85 bits per heavy atom. The highest BCUT2D eigenvalue weighted by molar-refractivity contribution is 6.34. The molecule has 0 saturated carbocycles. The van der Waals surface area contributed by atoms with Gasteiger partial charge >= 0.3 is 0 Å². The highest BCUT2D eigenvalue weighted by atomic mass is 35.5. The van der Waals surface area contributed by atoms with Gasteiger partial charge in [0.2, 0.25) is 0 Å². The Bertz CT molecular complexity index is 1510. The SMILES string of the molecule is CC1(C)c2ccccc2-c2ccc(-c3cccc(Cl)c3-c3ccc(-c4ccccc4)cc3)cc21. The molecular weight excluding hydrogens is 432 g/mol. The Morgan fingerprint density at radius 2 is 1.06 bits per heavy atom. The topological polar surface area (TPSA) is 0 Å². The zero-order valence-electron chi connectivity index (χ0n) is 19.3. The van der Waals surface area contributed by atoms with Crippen molar-refractivity contribution in [2.24, 2.45) is 0 Å². The molecule has 0 spiro atoms. The summed E-state index contributed by atoms with van der Waals surface area (Å²) in [6.07, 6.45) is 0. The number of benzene rings is 5. The molecule has 0 N–H and O–H groups in total. The van der Waals surface area contributed by atoms with E-state index in [2.05, 4.69) is 111 Å². The van der Waals surface area contributed by atoms with Gasteiger partial charge in [-0.3, -0.25) is 0 Å². The minimum Gasteiger partial charge on any atom is -0.0836 e. The van der Waals surface area contributed by atoms with Crippen LogP contribution in [0.15, 0.2) is 115 Å². The number of fused-ring (bicyclic) bond motifs is 3. The van der Waals surface area contributed by atoms with Crippen LogP contribution in [0.3, 0.4) is 0 Å². The fourth-order valence-corrected chi connectivity index (χ4v) is 5.67. The molecule has 164 valence electrons. The van der Waals surface area contributed by atoms with E-state index in [0.29, 0.717) is 0 Å². The van der Waals surface area contributed by atoms with Crippen LogP contribution in [0.25, 0.3) is 44.5 Å². The summed E-state index contributed by atoms with van der Waals surface area (Å²) in [6.45, 7) is 4.64. The molecule has 1 aliphatic carbocycles. The first-order valence-electron chi connectivity index (χ1n) is 11.7. The smallest absolute Gasteiger partial charge is 0.0490 e. The van der Waals surface area contributed by atoms with E-state index in [-0.39, 0.29) is 5.41 Å². The molecule has 0 saturated heterocycles. The average molecular weight is 457 g/mol. The quantitative estimate of drug-likeness (QED) is 0.253. The molecule has 6 rings (SSSR count). The molecule has 34 heavy (non-hydrogen) atoms. The molecule has 5 aromatic rings. The zero-order valence-corrected chi connectivity index (χ0v) is 20.1. The lowest BCUT2D eigenvalue weighted by molar-refractivity contribution is 0.660. The van der Waals surface area contributed by atoms with E-state index in [0.717, 1.165) is 21.7 Å². The first-order valence-corrected chi connectivity index (χ1v) is 12.1. The highest BCUT2D eigenvalue weighted by Gasteiger charge is 2.35. The van der Waals surface area contributed by atoms with Crippen LogP contribution < -0.4 is 0 Å². The normalized spacial score (nSPS) is 13.4. The molecule has 0 aromatic heterocycles. The number of hydrogen-bond acceptors (Lipinski definition) is 0. The van der Waals surface area contributed by atoms with Crippen molar-refractivity contribution in [1.29, 1.82) is 0 Å². The van der Waals surface area contributed by atoms with Gasteiger partial charge in [-0.1, -0.05) is 129 Å². The Morgan fingerprint density at radius 1 is 0.471 bits per heavy atom. The third-order valence-electron chi connectivity index (χ3n) is 7.19. The van der Waals surface area contributed by atoms with Crippen molar-refractivity contribution < 1.29 is 0 Å². The van der Waals surface area contributed by atoms with Crippen molar-refractivity contribution >= 4 is 11.6 Å². The summed E-state index contributed by atoms with van der Waals surface area (Å²) in [4.78, 5) is 0. The Labute approximate surface area is 206 Å². The third-order valence-corrected chi connectivity index (χ3v) is 7.50. The van der Waals surface area contributed by atoms with Crippen molar-refractivity contribution in [2.45, 2.75) is 19.3 Å². The van der Waals surface area contributed by atoms with Crippen molar-refractivity contribution in [3.05, 3.63) is 131 Å². The van der Waals surface area contributed by atoms with E-state index >= 15 is 0 Å².